The maximum absolute atomic E-state index is 14.1. The van der Waals surface area contributed by atoms with E-state index in [1.165, 1.54) is 12.3 Å². The molecule has 4 heteroatoms. The van der Waals surface area contributed by atoms with Crippen molar-refractivity contribution in [2.45, 2.75) is 6.61 Å². The maximum atomic E-state index is 14.1. The Hall–Kier alpha value is -2.88. The van der Waals surface area contributed by atoms with Gasteiger partial charge in [0.1, 0.15) is 24.0 Å². The van der Waals surface area contributed by atoms with Crippen molar-refractivity contribution in [1.82, 2.24) is 4.98 Å². The Morgan fingerprint density at radius 3 is 2.45 bits per heavy atom. The van der Waals surface area contributed by atoms with Crippen molar-refractivity contribution in [3.8, 4) is 16.9 Å². The third-order valence-electron chi connectivity index (χ3n) is 3.29. The highest BCUT2D eigenvalue weighted by atomic mass is 19.1. The molecule has 0 fully saturated rings. The molecule has 2 aromatic carbocycles. The number of hydrogen-bond acceptors (Lipinski definition) is 3. The van der Waals surface area contributed by atoms with Gasteiger partial charge in [0.05, 0.1) is 0 Å². The van der Waals surface area contributed by atoms with Crippen molar-refractivity contribution < 1.29 is 9.13 Å². The van der Waals surface area contributed by atoms with E-state index in [4.69, 9.17) is 10.5 Å². The van der Waals surface area contributed by atoms with Gasteiger partial charge in [-0.15, -0.1) is 0 Å². The summed E-state index contributed by atoms with van der Waals surface area (Å²) in [4.78, 5) is 3.96. The van der Waals surface area contributed by atoms with Crippen molar-refractivity contribution in [2.24, 2.45) is 0 Å². The van der Waals surface area contributed by atoms with Crippen LogP contribution in [0.15, 0.2) is 66.9 Å². The first-order valence-electron chi connectivity index (χ1n) is 6.91. The van der Waals surface area contributed by atoms with Crippen LogP contribution in [0.3, 0.4) is 0 Å². The third-order valence-corrected chi connectivity index (χ3v) is 3.29. The number of benzene rings is 2. The molecule has 3 nitrogen and oxygen atoms in total. The van der Waals surface area contributed by atoms with Crippen molar-refractivity contribution in [3.63, 3.8) is 0 Å². The van der Waals surface area contributed by atoms with Crippen LogP contribution in [0.5, 0.6) is 5.75 Å². The predicted octanol–water partition coefficient (Wildman–Crippen LogP) is 4.05. The lowest BCUT2D eigenvalue weighted by molar-refractivity contribution is 0.307. The van der Waals surface area contributed by atoms with E-state index in [0.29, 0.717) is 23.5 Å². The zero-order valence-corrected chi connectivity index (χ0v) is 11.9. The number of nitrogen functional groups attached to an aromatic ring is 1. The molecule has 0 atom stereocenters. The first-order chi connectivity index (χ1) is 10.7. The molecule has 0 spiro atoms. The number of hydrogen-bond donors (Lipinski definition) is 1. The standard InChI is InChI=1S/C18H15FN2O/c19-16-10-18(20)21-11-15(16)14-8-4-5-9-17(14)22-12-13-6-2-1-3-7-13/h1-11H,12H2,(H2,20,21). The van der Waals surface area contributed by atoms with E-state index in [1.807, 2.05) is 48.5 Å². The average Bonchev–Trinajstić information content (AvgIpc) is 2.54. The van der Waals surface area contributed by atoms with Crippen LogP contribution >= 0.6 is 0 Å². The smallest absolute Gasteiger partial charge is 0.136 e. The Bertz CT molecular complexity index is 775. The van der Waals surface area contributed by atoms with E-state index in [-0.39, 0.29) is 5.82 Å². The van der Waals surface area contributed by atoms with Crippen molar-refractivity contribution in [1.29, 1.82) is 0 Å². The van der Waals surface area contributed by atoms with Crippen LogP contribution in [0.1, 0.15) is 5.56 Å². The number of para-hydroxylation sites is 1. The van der Waals surface area contributed by atoms with Crippen LogP contribution < -0.4 is 10.5 Å². The summed E-state index contributed by atoms with van der Waals surface area (Å²) in [5, 5.41) is 0. The van der Waals surface area contributed by atoms with Crippen LogP contribution in [-0.4, -0.2) is 4.98 Å². The van der Waals surface area contributed by atoms with Crippen molar-refractivity contribution in [2.75, 3.05) is 5.73 Å². The van der Waals surface area contributed by atoms with Crippen molar-refractivity contribution >= 4 is 5.82 Å². The van der Waals surface area contributed by atoms with Gasteiger partial charge in [-0.05, 0) is 11.6 Å². The normalized spacial score (nSPS) is 10.4. The molecule has 3 rings (SSSR count). The number of rotatable bonds is 4. The second-order valence-electron chi connectivity index (χ2n) is 4.86. The Morgan fingerprint density at radius 2 is 1.68 bits per heavy atom. The number of anilines is 1. The van der Waals surface area contributed by atoms with Gasteiger partial charge in [0.15, 0.2) is 0 Å². The molecule has 0 unspecified atom stereocenters. The minimum absolute atomic E-state index is 0.156. The number of halogens is 1. The molecule has 1 aromatic heterocycles. The summed E-state index contributed by atoms with van der Waals surface area (Å²) in [6.45, 7) is 0.419. The van der Waals surface area contributed by atoms with Crippen LogP contribution in [0.25, 0.3) is 11.1 Å². The lowest BCUT2D eigenvalue weighted by Gasteiger charge is -2.12. The first kappa shape index (κ1) is 14.1. The van der Waals surface area contributed by atoms with Gasteiger partial charge in [0.2, 0.25) is 0 Å². The van der Waals surface area contributed by atoms with Gasteiger partial charge >= 0.3 is 0 Å². The lowest BCUT2D eigenvalue weighted by atomic mass is 10.1. The number of pyridine rings is 1. The number of ether oxygens (including phenoxy) is 1. The molecule has 22 heavy (non-hydrogen) atoms. The fourth-order valence-corrected chi connectivity index (χ4v) is 2.19. The maximum Gasteiger partial charge on any atom is 0.136 e. The highest BCUT2D eigenvalue weighted by Gasteiger charge is 2.11. The number of aromatic nitrogens is 1. The molecular weight excluding hydrogens is 279 g/mol. The topological polar surface area (TPSA) is 48.1 Å². The second-order valence-corrected chi connectivity index (χ2v) is 4.86. The van der Waals surface area contributed by atoms with Gasteiger partial charge in [-0.3, -0.25) is 0 Å². The third kappa shape index (κ3) is 3.06. The summed E-state index contributed by atoms with van der Waals surface area (Å²) in [7, 11) is 0. The van der Waals surface area contributed by atoms with E-state index < -0.39 is 5.82 Å². The molecular formula is C18H15FN2O. The Balaban J connectivity index is 1.90. The van der Waals surface area contributed by atoms with E-state index in [9.17, 15) is 4.39 Å². The highest BCUT2D eigenvalue weighted by Crippen LogP contribution is 2.32. The quantitative estimate of drug-likeness (QED) is 0.789. The Labute approximate surface area is 128 Å². The van der Waals surface area contributed by atoms with Gasteiger partial charge < -0.3 is 10.5 Å². The molecule has 0 saturated heterocycles. The second kappa shape index (κ2) is 6.26. The van der Waals surface area contributed by atoms with Crippen LogP contribution in [0.2, 0.25) is 0 Å². The van der Waals surface area contributed by atoms with E-state index in [0.717, 1.165) is 5.56 Å². The zero-order chi connectivity index (χ0) is 15.4. The average molecular weight is 294 g/mol. The molecule has 2 N–H and O–H groups in total. The minimum atomic E-state index is -0.414. The summed E-state index contributed by atoms with van der Waals surface area (Å²) in [5.41, 5.74) is 7.57. The SMILES string of the molecule is Nc1cc(F)c(-c2ccccc2OCc2ccccc2)cn1. The van der Waals surface area contributed by atoms with Gasteiger partial charge in [-0.1, -0.05) is 48.5 Å². The number of nitrogens with zero attached hydrogens (tertiary/aromatic N) is 1. The zero-order valence-electron chi connectivity index (χ0n) is 11.9. The molecule has 0 radical (unpaired) electrons. The molecule has 110 valence electrons. The Kier molecular flexibility index (Phi) is 4.01. The van der Waals surface area contributed by atoms with Crippen LogP contribution in [-0.2, 0) is 6.61 Å². The molecule has 3 aromatic rings. The summed E-state index contributed by atoms with van der Waals surface area (Å²) < 4.78 is 19.9. The van der Waals surface area contributed by atoms with Gasteiger partial charge in [0.25, 0.3) is 0 Å². The molecule has 0 saturated carbocycles. The fraction of sp³-hybridized carbons (Fsp3) is 0.0556. The summed E-state index contributed by atoms with van der Waals surface area (Å²) in [6, 6.07) is 18.3. The molecule has 1 heterocycles. The van der Waals surface area contributed by atoms with Gasteiger partial charge in [0, 0.05) is 23.4 Å². The van der Waals surface area contributed by atoms with Gasteiger partial charge in [-0.25, -0.2) is 9.37 Å². The monoisotopic (exact) mass is 294 g/mol. The largest absolute Gasteiger partial charge is 0.488 e. The molecule has 0 amide bonds. The van der Waals surface area contributed by atoms with Gasteiger partial charge in [-0.2, -0.15) is 0 Å². The predicted molar refractivity (Wildman–Crippen MR) is 84.8 cm³/mol. The highest BCUT2D eigenvalue weighted by molar-refractivity contribution is 5.70. The van der Waals surface area contributed by atoms with E-state index >= 15 is 0 Å². The van der Waals surface area contributed by atoms with Crippen LogP contribution in [0, 0.1) is 5.82 Å². The molecule has 0 bridgehead atoms. The summed E-state index contributed by atoms with van der Waals surface area (Å²) in [5.74, 6) is 0.351. The lowest BCUT2D eigenvalue weighted by Crippen LogP contribution is -1.98. The van der Waals surface area contributed by atoms with Crippen LogP contribution in [0.4, 0.5) is 10.2 Å². The minimum Gasteiger partial charge on any atom is -0.488 e. The summed E-state index contributed by atoms with van der Waals surface area (Å²) >= 11 is 0. The molecule has 0 aliphatic carbocycles. The first-order valence-corrected chi connectivity index (χ1v) is 6.91. The van der Waals surface area contributed by atoms with E-state index in [2.05, 4.69) is 4.98 Å². The summed E-state index contributed by atoms with van der Waals surface area (Å²) in [6.07, 6.45) is 1.43. The van der Waals surface area contributed by atoms with E-state index in [1.54, 1.807) is 6.07 Å². The molecule has 0 aliphatic heterocycles. The number of nitrogens with two attached hydrogens (primary N) is 1. The molecule has 0 aliphatic rings. The van der Waals surface area contributed by atoms with Crippen molar-refractivity contribution in [3.05, 3.63) is 78.2 Å². The fourth-order valence-electron chi connectivity index (χ4n) is 2.19. The Morgan fingerprint density at radius 1 is 0.955 bits per heavy atom.